The van der Waals surface area contributed by atoms with E-state index in [4.69, 9.17) is 9.11 Å². The third-order valence-corrected chi connectivity index (χ3v) is 5.39. The van der Waals surface area contributed by atoms with Crippen LogP contribution in [0.1, 0.15) is 11.1 Å². The molecule has 0 heterocycles. The quantitative estimate of drug-likeness (QED) is 0.510. The molecule has 0 fully saturated rings. The van der Waals surface area contributed by atoms with Gasteiger partial charge in [-0.15, -0.1) is 0 Å². The molecule has 0 aromatic heterocycles. The summed E-state index contributed by atoms with van der Waals surface area (Å²) in [5, 5.41) is 4.00. The zero-order valence-electron chi connectivity index (χ0n) is 13.4. The smallest absolute Gasteiger partial charge is 0.287 e. The average Bonchev–Trinajstić information content (AvgIpc) is 2.59. The summed E-state index contributed by atoms with van der Waals surface area (Å²) in [7, 11) is -8.70. The van der Waals surface area contributed by atoms with Crippen molar-refractivity contribution >= 4 is 43.5 Å². The van der Waals surface area contributed by atoms with Crippen molar-refractivity contribution in [3.63, 3.8) is 0 Å². The van der Waals surface area contributed by atoms with Gasteiger partial charge < -0.3 is 0 Å². The molecule has 0 unspecified atom stereocenters. The Morgan fingerprint density at radius 1 is 0.815 bits per heavy atom. The fraction of sp³-hybridized carbons (Fsp3) is 0. The third kappa shape index (κ3) is 4.11. The van der Waals surface area contributed by atoms with Crippen LogP contribution in [0, 0.1) is 0 Å². The molecule has 0 aliphatic heterocycles. The van der Waals surface area contributed by atoms with Crippen molar-refractivity contribution < 1.29 is 30.7 Å². The Morgan fingerprint density at radius 3 is 2.00 bits per heavy atom. The lowest BCUT2D eigenvalue weighted by atomic mass is 9.95. The highest BCUT2D eigenvalue weighted by Gasteiger charge is 2.21. The number of nitrogens with one attached hydrogen (secondary N) is 1. The number of carbonyl (C=O) groups excluding carboxylic acids is 1. The Morgan fingerprint density at radius 2 is 1.41 bits per heavy atom. The number of fused-ring (bicyclic) bond motifs is 1. The number of benzene rings is 2. The van der Waals surface area contributed by atoms with Crippen LogP contribution in [0.15, 0.2) is 63.4 Å². The lowest BCUT2D eigenvalue weighted by molar-refractivity contribution is -0.108. The van der Waals surface area contributed by atoms with Crippen molar-refractivity contribution in [3.05, 3.63) is 59.7 Å². The molecule has 9 nitrogen and oxygen atoms in total. The highest BCUT2D eigenvalue weighted by molar-refractivity contribution is 7.86. The van der Waals surface area contributed by atoms with Gasteiger partial charge in [0.15, 0.2) is 0 Å². The average molecular weight is 408 g/mol. The summed E-state index contributed by atoms with van der Waals surface area (Å²) in [4.78, 5) is 11.5. The van der Waals surface area contributed by atoms with Gasteiger partial charge in [-0.25, -0.2) is 0 Å². The molecule has 0 spiro atoms. The number of carbonyl (C=O) groups is 1. The Labute approximate surface area is 154 Å². The molecular weight excluding hydrogens is 396 g/mol. The monoisotopic (exact) mass is 408 g/mol. The highest BCUT2D eigenvalue weighted by atomic mass is 32.2. The molecule has 0 saturated carbocycles. The van der Waals surface area contributed by atoms with Crippen molar-refractivity contribution in [2.75, 3.05) is 5.43 Å². The summed E-state index contributed by atoms with van der Waals surface area (Å²) in [5.41, 5.74) is 3.70. The number of hydrazone groups is 1. The van der Waals surface area contributed by atoms with Gasteiger partial charge in [-0.3, -0.25) is 19.3 Å². The van der Waals surface area contributed by atoms with Crippen LogP contribution >= 0.6 is 0 Å². The summed E-state index contributed by atoms with van der Waals surface area (Å²) in [6.45, 7) is 0. The van der Waals surface area contributed by atoms with Gasteiger partial charge in [0, 0.05) is 5.56 Å². The van der Waals surface area contributed by atoms with E-state index in [1.807, 2.05) is 0 Å². The van der Waals surface area contributed by atoms with E-state index in [0.29, 0.717) is 16.8 Å². The molecule has 2 aromatic rings. The van der Waals surface area contributed by atoms with Gasteiger partial charge >= 0.3 is 0 Å². The summed E-state index contributed by atoms with van der Waals surface area (Å²) < 4.78 is 62.6. The predicted octanol–water partition coefficient (Wildman–Crippen LogP) is 1.59. The minimum Gasteiger partial charge on any atom is -0.287 e. The van der Waals surface area contributed by atoms with E-state index in [9.17, 15) is 21.6 Å². The topological polar surface area (TPSA) is 150 Å². The normalized spacial score (nSPS) is 15.6. The SMILES string of the molecule is O=C1C=Cc2cc(S(=O)(=O)O)ccc2C1=NNc1ccc(S(=O)(=O)O)cc1. The molecule has 0 atom stereocenters. The Balaban J connectivity index is 1.93. The van der Waals surface area contributed by atoms with E-state index in [0.717, 1.165) is 18.2 Å². The van der Waals surface area contributed by atoms with Gasteiger partial charge in [0.05, 0.1) is 15.5 Å². The highest BCUT2D eigenvalue weighted by Crippen LogP contribution is 2.22. The Bertz CT molecular complexity index is 1200. The van der Waals surface area contributed by atoms with E-state index in [2.05, 4.69) is 10.5 Å². The second kappa shape index (κ2) is 6.70. The van der Waals surface area contributed by atoms with E-state index >= 15 is 0 Å². The molecule has 0 amide bonds. The van der Waals surface area contributed by atoms with E-state index in [1.165, 1.54) is 36.4 Å². The van der Waals surface area contributed by atoms with Crippen molar-refractivity contribution in [2.24, 2.45) is 5.10 Å². The van der Waals surface area contributed by atoms with Crippen LogP contribution in [0.2, 0.25) is 0 Å². The number of rotatable bonds is 4. The number of anilines is 1. The zero-order valence-corrected chi connectivity index (χ0v) is 15.0. The molecule has 3 rings (SSSR count). The van der Waals surface area contributed by atoms with Gasteiger partial charge in [0.2, 0.25) is 5.78 Å². The first kappa shape index (κ1) is 18.9. The van der Waals surface area contributed by atoms with Crippen LogP contribution in [-0.2, 0) is 25.0 Å². The van der Waals surface area contributed by atoms with Crippen LogP contribution < -0.4 is 5.43 Å². The number of allylic oxidation sites excluding steroid dienone is 1. The maximum Gasteiger partial charge on any atom is 0.294 e. The van der Waals surface area contributed by atoms with Crippen LogP contribution in [0.3, 0.4) is 0 Å². The minimum atomic E-state index is -4.38. The standard InChI is InChI=1S/C16H12N2O7S2/c19-15-8-1-10-9-13(27(23,24)25)6-7-14(10)16(15)18-17-11-2-4-12(5-3-11)26(20,21)22/h1-9,17H,(H,20,21,22)(H,23,24,25). The van der Waals surface area contributed by atoms with E-state index in [-0.39, 0.29) is 15.5 Å². The maximum absolute atomic E-state index is 12.1. The molecule has 140 valence electrons. The zero-order chi connectivity index (χ0) is 19.8. The Hall–Kier alpha value is -2.86. The number of hydrogen-bond donors (Lipinski definition) is 3. The van der Waals surface area contributed by atoms with Gasteiger partial charge in [-0.1, -0.05) is 12.1 Å². The molecular formula is C16H12N2O7S2. The molecule has 0 radical (unpaired) electrons. The summed E-state index contributed by atoms with van der Waals surface area (Å²) in [6.07, 6.45) is 2.62. The van der Waals surface area contributed by atoms with Gasteiger partial charge in [-0.05, 0) is 48.0 Å². The number of ketones is 1. The van der Waals surface area contributed by atoms with Crippen molar-refractivity contribution in [3.8, 4) is 0 Å². The van der Waals surface area contributed by atoms with Gasteiger partial charge in [0.25, 0.3) is 20.2 Å². The second-order valence-corrected chi connectivity index (χ2v) is 8.34. The van der Waals surface area contributed by atoms with Gasteiger partial charge in [-0.2, -0.15) is 21.9 Å². The van der Waals surface area contributed by atoms with Crippen LogP contribution in [0.4, 0.5) is 5.69 Å². The number of nitrogens with zero attached hydrogens (tertiary/aromatic N) is 1. The molecule has 1 aliphatic rings. The summed E-state index contributed by atoms with van der Waals surface area (Å²) >= 11 is 0. The molecule has 3 N–H and O–H groups in total. The summed E-state index contributed by atoms with van der Waals surface area (Å²) in [5.74, 6) is -0.427. The number of hydrogen-bond acceptors (Lipinski definition) is 7. The fourth-order valence-corrected chi connectivity index (χ4v) is 3.37. The first-order valence-corrected chi connectivity index (χ1v) is 10.2. The fourth-order valence-electron chi connectivity index (χ4n) is 2.37. The van der Waals surface area contributed by atoms with E-state index < -0.39 is 26.0 Å². The summed E-state index contributed by atoms with van der Waals surface area (Å²) in [6, 6.07) is 8.72. The molecule has 1 aliphatic carbocycles. The largest absolute Gasteiger partial charge is 0.294 e. The first-order valence-electron chi connectivity index (χ1n) is 7.31. The maximum atomic E-state index is 12.1. The van der Waals surface area contributed by atoms with Crippen LogP contribution in [0.5, 0.6) is 0 Å². The molecule has 27 heavy (non-hydrogen) atoms. The molecule has 0 bridgehead atoms. The molecule has 11 heteroatoms. The third-order valence-electron chi connectivity index (χ3n) is 3.67. The lowest BCUT2D eigenvalue weighted by Crippen LogP contribution is -2.19. The second-order valence-electron chi connectivity index (χ2n) is 5.49. The Kier molecular flexibility index (Phi) is 4.70. The van der Waals surface area contributed by atoms with Gasteiger partial charge in [0.1, 0.15) is 5.71 Å². The van der Waals surface area contributed by atoms with E-state index in [1.54, 1.807) is 0 Å². The minimum absolute atomic E-state index is 0.00763. The first-order chi connectivity index (χ1) is 12.6. The lowest BCUT2D eigenvalue weighted by Gasteiger charge is -2.13. The van der Waals surface area contributed by atoms with Crippen LogP contribution in [0.25, 0.3) is 6.08 Å². The van der Waals surface area contributed by atoms with Crippen LogP contribution in [-0.4, -0.2) is 37.4 Å². The van der Waals surface area contributed by atoms with Crippen molar-refractivity contribution in [1.29, 1.82) is 0 Å². The van der Waals surface area contributed by atoms with Crippen molar-refractivity contribution in [1.82, 2.24) is 0 Å². The molecule has 2 aromatic carbocycles. The molecule has 0 saturated heterocycles. The predicted molar refractivity (Wildman–Crippen MR) is 96.7 cm³/mol. The van der Waals surface area contributed by atoms with Crippen molar-refractivity contribution in [2.45, 2.75) is 9.79 Å².